The van der Waals surface area contributed by atoms with Crippen LogP contribution < -0.4 is 11.5 Å². The summed E-state index contributed by atoms with van der Waals surface area (Å²) >= 11 is 5.77. The topological polar surface area (TPSA) is 116 Å². The van der Waals surface area contributed by atoms with Gasteiger partial charge in [-0.1, -0.05) is 30.3 Å². The van der Waals surface area contributed by atoms with Crippen molar-refractivity contribution in [3.8, 4) is 0 Å². The maximum absolute atomic E-state index is 13.4. The molecule has 174 valence electrons. The molecule has 1 heterocycles. The summed E-state index contributed by atoms with van der Waals surface area (Å²) in [5.74, 6) is -0.834. The minimum Gasteiger partial charge on any atom is -0.480 e. The molecule has 0 unspecified atom stereocenters. The summed E-state index contributed by atoms with van der Waals surface area (Å²) in [6, 6.07) is 9.41. The molecular weight excluding hydrogens is 434 g/mol. The number of nitrogens with zero attached hydrogens (tertiary/aromatic N) is 1. The van der Waals surface area contributed by atoms with E-state index < -0.39 is 23.4 Å². The molecule has 9 heteroatoms. The number of benzene rings is 1. The highest BCUT2D eigenvalue weighted by molar-refractivity contribution is 7.98. The Labute approximate surface area is 194 Å². The van der Waals surface area contributed by atoms with Crippen LogP contribution in [0.15, 0.2) is 30.3 Å². The summed E-state index contributed by atoms with van der Waals surface area (Å²) in [6.45, 7) is 2.87. The van der Waals surface area contributed by atoms with Gasteiger partial charge in [-0.15, -0.1) is 0 Å². The van der Waals surface area contributed by atoms with Gasteiger partial charge in [0.15, 0.2) is 18.1 Å². The Balaban J connectivity index is 2.25. The number of carbonyl (C=O) groups excluding carboxylic acids is 1. The van der Waals surface area contributed by atoms with Gasteiger partial charge in [0, 0.05) is 25.0 Å². The van der Waals surface area contributed by atoms with Crippen LogP contribution in [-0.2, 0) is 20.7 Å². The third-order valence-electron chi connectivity index (χ3n) is 6.00. The Morgan fingerprint density at radius 2 is 1.94 bits per heavy atom. The van der Waals surface area contributed by atoms with E-state index in [-0.39, 0.29) is 18.9 Å². The van der Waals surface area contributed by atoms with E-state index in [0.29, 0.717) is 22.7 Å². The van der Waals surface area contributed by atoms with E-state index >= 15 is 0 Å². The zero-order chi connectivity index (χ0) is 22.9. The maximum Gasteiger partial charge on any atom is 0.331 e. The van der Waals surface area contributed by atoms with Gasteiger partial charge in [0.05, 0.1) is 25.7 Å². The number of ether oxygens (including phenoxy) is 1. The van der Waals surface area contributed by atoms with Crippen molar-refractivity contribution in [1.82, 2.24) is 0 Å². The number of nitrogens with two attached hydrogens (primary N) is 2. The molecule has 0 spiro atoms. The molecule has 5 N–H and O–H groups in total. The van der Waals surface area contributed by atoms with Crippen LogP contribution in [0.1, 0.15) is 24.8 Å². The van der Waals surface area contributed by atoms with Gasteiger partial charge in [-0.2, -0.15) is 24.4 Å². The Hall–Kier alpha value is -1.10. The van der Waals surface area contributed by atoms with Crippen LogP contribution in [0.3, 0.4) is 0 Å². The van der Waals surface area contributed by atoms with Crippen molar-refractivity contribution in [3.63, 3.8) is 0 Å². The maximum atomic E-state index is 13.4. The van der Waals surface area contributed by atoms with Gasteiger partial charge in [-0.05, 0) is 24.0 Å². The zero-order valence-corrected chi connectivity index (χ0v) is 20.0. The summed E-state index contributed by atoms with van der Waals surface area (Å²) < 4.78 is 6.87. The first-order chi connectivity index (χ1) is 14.8. The quantitative estimate of drug-likeness (QED) is 0.185. The van der Waals surface area contributed by atoms with Gasteiger partial charge >= 0.3 is 5.97 Å². The Morgan fingerprint density at radius 1 is 1.29 bits per heavy atom. The summed E-state index contributed by atoms with van der Waals surface area (Å²) in [5.41, 5.74) is 11.3. The van der Waals surface area contributed by atoms with Crippen molar-refractivity contribution in [2.75, 3.05) is 44.1 Å². The number of carboxylic acid groups (broad SMARTS) is 1. The highest BCUT2D eigenvalue weighted by Crippen LogP contribution is 2.24. The molecule has 0 saturated carbocycles. The predicted octanol–water partition coefficient (Wildman–Crippen LogP) is 1.54. The molecule has 0 bridgehead atoms. The van der Waals surface area contributed by atoms with Crippen molar-refractivity contribution in [2.24, 2.45) is 11.5 Å². The molecular formula is C22H36N3O4S2+. The van der Waals surface area contributed by atoms with Gasteiger partial charge in [0.1, 0.15) is 6.10 Å². The summed E-state index contributed by atoms with van der Waals surface area (Å²) in [4.78, 5) is 25.4. The molecule has 0 radical (unpaired) electrons. The van der Waals surface area contributed by atoms with Crippen LogP contribution in [-0.4, -0.2) is 83.2 Å². The molecule has 1 saturated heterocycles. The van der Waals surface area contributed by atoms with Crippen LogP contribution >= 0.6 is 24.4 Å². The molecule has 1 aromatic rings. The molecule has 0 aromatic heterocycles. The van der Waals surface area contributed by atoms with Gasteiger partial charge in [0.25, 0.3) is 0 Å². The van der Waals surface area contributed by atoms with Crippen LogP contribution in [0.5, 0.6) is 0 Å². The van der Waals surface area contributed by atoms with Crippen molar-refractivity contribution in [3.05, 3.63) is 35.9 Å². The fourth-order valence-electron chi connectivity index (χ4n) is 4.12. The Bertz CT molecular complexity index is 716. The number of hydrogen-bond acceptors (Lipinski definition) is 7. The lowest BCUT2D eigenvalue weighted by atomic mass is 9.86. The van der Waals surface area contributed by atoms with Crippen LogP contribution in [0.4, 0.5) is 0 Å². The summed E-state index contributed by atoms with van der Waals surface area (Å²) in [6.07, 6.45) is 3.41. The Kier molecular flexibility index (Phi) is 10.3. The average molecular weight is 471 g/mol. The fraction of sp³-hybridized carbons (Fsp3) is 0.636. The van der Waals surface area contributed by atoms with Gasteiger partial charge < -0.3 is 21.3 Å². The largest absolute Gasteiger partial charge is 0.480 e. The second-order valence-electron chi connectivity index (χ2n) is 8.48. The molecule has 3 atom stereocenters. The van der Waals surface area contributed by atoms with Gasteiger partial charge in [-0.3, -0.25) is 9.28 Å². The number of rotatable bonds is 14. The first-order valence-corrected chi connectivity index (χ1v) is 12.7. The molecule has 7 nitrogen and oxygen atoms in total. The first kappa shape index (κ1) is 26.2. The first-order valence-electron chi connectivity index (χ1n) is 10.7. The number of carbonyl (C=O) groups is 2. The molecule has 0 amide bonds. The number of Topliss-reactive ketones (excluding diaryl/α,β-unsaturated/α-hetero) is 1. The molecule has 1 aliphatic heterocycles. The molecule has 31 heavy (non-hydrogen) atoms. The van der Waals surface area contributed by atoms with E-state index in [1.807, 2.05) is 36.6 Å². The SMILES string of the molecule is CSCC[C@@](N)(C(=O)O)C(=O)[C@H](Cc1ccccc1)OC[N+]1(C[C@H](N)CS)CCCC1. The van der Waals surface area contributed by atoms with Crippen molar-refractivity contribution < 1.29 is 23.9 Å². The van der Waals surface area contributed by atoms with Crippen LogP contribution in [0.2, 0.25) is 0 Å². The number of carboxylic acids is 1. The van der Waals surface area contributed by atoms with E-state index in [9.17, 15) is 14.7 Å². The van der Waals surface area contributed by atoms with Crippen molar-refractivity contribution in [2.45, 2.75) is 43.4 Å². The van der Waals surface area contributed by atoms with Gasteiger partial charge in [-0.25, -0.2) is 4.79 Å². The minimum atomic E-state index is -1.97. The summed E-state index contributed by atoms with van der Waals surface area (Å²) in [7, 11) is 0. The second-order valence-corrected chi connectivity index (χ2v) is 9.83. The smallest absolute Gasteiger partial charge is 0.331 e. The van der Waals surface area contributed by atoms with Crippen molar-refractivity contribution in [1.29, 1.82) is 0 Å². The van der Waals surface area contributed by atoms with E-state index in [0.717, 1.165) is 38.0 Å². The molecule has 0 aliphatic carbocycles. The predicted molar refractivity (Wildman–Crippen MR) is 128 cm³/mol. The van der Waals surface area contributed by atoms with E-state index in [2.05, 4.69) is 12.6 Å². The number of likely N-dealkylation sites (tertiary alicyclic amines) is 1. The monoisotopic (exact) mass is 470 g/mol. The highest BCUT2D eigenvalue weighted by Gasteiger charge is 2.46. The number of quaternary nitrogens is 1. The highest BCUT2D eigenvalue weighted by atomic mass is 32.2. The zero-order valence-electron chi connectivity index (χ0n) is 18.2. The third-order valence-corrected chi connectivity index (χ3v) is 7.08. The van der Waals surface area contributed by atoms with Crippen LogP contribution in [0.25, 0.3) is 0 Å². The molecule has 1 aromatic carbocycles. The van der Waals surface area contributed by atoms with E-state index in [1.165, 1.54) is 11.8 Å². The third kappa shape index (κ3) is 7.20. The fourth-order valence-corrected chi connectivity index (χ4v) is 4.76. The molecule has 1 aliphatic rings. The van der Waals surface area contributed by atoms with E-state index in [4.69, 9.17) is 16.2 Å². The minimum absolute atomic E-state index is 0.0571. The molecule has 1 fully saturated rings. The van der Waals surface area contributed by atoms with Crippen LogP contribution in [0, 0.1) is 0 Å². The normalized spacial score (nSPS) is 19.5. The summed E-state index contributed by atoms with van der Waals surface area (Å²) in [5, 5.41) is 9.79. The molecule has 2 rings (SSSR count). The number of thiol groups is 1. The number of hydrogen-bond donors (Lipinski definition) is 4. The number of ketones is 1. The number of thioether (sulfide) groups is 1. The number of aliphatic carboxylic acids is 1. The Morgan fingerprint density at radius 3 is 2.48 bits per heavy atom. The lowest BCUT2D eigenvalue weighted by Crippen LogP contribution is -2.61. The average Bonchev–Trinajstić information content (AvgIpc) is 3.23. The second kappa shape index (κ2) is 12.2. The standard InChI is InChI=1S/C22H35N3O4S2/c1-31-12-9-22(24,21(27)28)20(26)19(13-17-7-3-2-4-8-17)29-16-25(10-5-6-11-25)14-18(23)15-30/h2-4,7-8,18-19H,5-6,9-16,23-24H2,1H3,(H-,27,28,30)/p+1/t18-,19-,22-/m0/s1. The lowest BCUT2D eigenvalue weighted by Gasteiger charge is -2.37. The van der Waals surface area contributed by atoms with Gasteiger partial charge in [0.2, 0.25) is 0 Å². The van der Waals surface area contributed by atoms with E-state index in [1.54, 1.807) is 0 Å². The van der Waals surface area contributed by atoms with Crippen molar-refractivity contribution >= 4 is 36.1 Å². The lowest BCUT2D eigenvalue weighted by molar-refractivity contribution is -0.936.